The van der Waals surface area contributed by atoms with Gasteiger partial charge in [-0.2, -0.15) is 0 Å². The van der Waals surface area contributed by atoms with Gasteiger partial charge in [0.2, 0.25) is 0 Å². The number of ketones is 1. The van der Waals surface area contributed by atoms with Crippen molar-refractivity contribution in [3.05, 3.63) is 36.0 Å². The largest absolute Gasteiger partial charge is 0.466 e. The van der Waals surface area contributed by atoms with E-state index in [-0.39, 0.29) is 17.2 Å². The molecule has 0 aromatic rings. The van der Waals surface area contributed by atoms with Gasteiger partial charge in [-0.05, 0) is 85.7 Å². The zero-order valence-corrected chi connectivity index (χ0v) is 17.7. The molecule has 4 rings (SSSR count). The van der Waals surface area contributed by atoms with E-state index in [1.54, 1.807) is 12.2 Å². The summed E-state index contributed by atoms with van der Waals surface area (Å²) in [6, 6.07) is 0. The van der Waals surface area contributed by atoms with Crippen molar-refractivity contribution in [3.63, 3.8) is 0 Å². The average Bonchev–Trinajstić information content (AvgIpc) is 3.03. The summed E-state index contributed by atoms with van der Waals surface area (Å²) >= 11 is 0. The predicted octanol–water partition coefficient (Wildman–Crippen LogP) is 5.28. The number of allylic oxidation sites excluding steroid dienone is 5. The minimum Gasteiger partial charge on any atom is -0.466 e. The third kappa shape index (κ3) is 2.93. The Hall–Kier alpha value is -1.64. The van der Waals surface area contributed by atoms with E-state index in [4.69, 9.17) is 4.74 Å². The zero-order valence-electron chi connectivity index (χ0n) is 17.7. The summed E-state index contributed by atoms with van der Waals surface area (Å²) in [6.07, 6.45) is 17.0. The molecule has 0 aliphatic heterocycles. The van der Waals surface area contributed by atoms with Crippen LogP contribution >= 0.6 is 0 Å². The third-order valence-electron chi connectivity index (χ3n) is 9.00. The zero-order chi connectivity index (χ0) is 20.1. The van der Waals surface area contributed by atoms with Crippen LogP contribution in [0.3, 0.4) is 0 Å². The fourth-order valence-corrected chi connectivity index (χ4v) is 7.53. The molecule has 0 spiro atoms. The molecule has 0 bridgehead atoms. The van der Waals surface area contributed by atoms with Gasteiger partial charge in [-0.15, -0.1) is 0 Å². The van der Waals surface area contributed by atoms with Crippen molar-refractivity contribution in [2.24, 2.45) is 40.4 Å². The van der Waals surface area contributed by atoms with Crippen LogP contribution in [0.15, 0.2) is 36.0 Å². The minimum atomic E-state index is -0.256. The molecule has 28 heavy (non-hydrogen) atoms. The van der Waals surface area contributed by atoms with Gasteiger partial charge in [-0.25, -0.2) is 4.79 Å². The van der Waals surface area contributed by atoms with Crippen LogP contribution in [0.4, 0.5) is 0 Å². The van der Waals surface area contributed by atoms with Crippen LogP contribution in [0.5, 0.6) is 0 Å². The van der Waals surface area contributed by atoms with Crippen molar-refractivity contribution in [2.75, 3.05) is 7.11 Å². The number of hydrogen-bond donors (Lipinski definition) is 0. The molecule has 0 aromatic heterocycles. The standard InChI is InChI=1S/C25H34O3/c1-16(5-10-23(27)28-4)20-8-9-21-19-7-6-17-15-18(26)11-13-24(17,2)22(19)12-14-25(20,21)3/h5,10-11,13,15-16,19-22H,6-9,12,14H2,1-4H3/b10-5+/t16?,19?,20-,21?,22?,24+,25-/m1/s1. The fourth-order valence-electron chi connectivity index (χ4n) is 7.53. The highest BCUT2D eigenvalue weighted by Gasteiger charge is 2.58. The number of carbonyl (C=O) groups is 2. The summed E-state index contributed by atoms with van der Waals surface area (Å²) in [7, 11) is 1.44. The maximum Gasteiger partial charge on any atom is 0.330 e. The van der Waals surface area contributed by atoms with Crippen LogP contribution in [0, 0.1) is 40.4 Å². The maximum atomic E-state index is 11.9. The van der Waals surface area contributed by atoms with Gasteiger partial charge >= 0.3 is 5.97 Å². The van der Waals surface area contributed by atoms with Gasteiger partial charge in [0.15, 0.2) is 5.78 Å². The Morgan fingerprint density at radius 1 is 1.21 bits per heavy atom. The number of ether oxygens (including phenoxy) is 1. The SMILES string of the molecule is COC(=O)/C=C/C(C)[C@H]1CCC2C3CCC4=CC(=O)C=C[C@]4(C)C3CC[C@@]21C. The van der Waals surface area contributed by atoms with Crippen LogP contribution in [0.1, 0.15) is 59.3 Å². The van der Waals surface area contributed by atoms with Crippen molar-refractivity contribution >= 4 is 11.8 Å². The van der Waals surface area contributed by atoms with Crippen LogP contribution in [-0.4, -0.2) is 18.9 Å². The van der Waals surface area contributed by atoms with Crippen molar-refractivity contribution in [1.29, 1.82) is 0 Å². The summed E-state index contributed by atoms with van der Waals surface area (Å²) in [4.78, 5) is 23.4. The third-order valence-corrected chi connectivity index (χ3v) is 9.00. The molecule has 0 radical (unpaired) electrons. The van der Waals surface area contributed by atoms with Crippen LogP contribution in [0.25, 0.3) is 0 Å². The summed E-state index contributed by atoms with van der Waals surface area (Å²) in [5.41, 5.74) is 1.80. The van der Waals surface area contributed by atoms with E-state index in [1.807, 2.05) is 6.08 Å². The Morgan fingerprint density at radius 3 is 2.75 bits per heavy atom. The first-order chi connectivity index (χ1) is 13.3. The van der Waals surface area contributed by atoms with Crippen molar-refractivity contribution < 1.29 is 14.3 Å². The molecule has 0 amide bonds. The van der Waals surface area contributed by atoms with E-state index in [9.17, 15) is 9.59 Å². The van der Waals surface area contributed by atoms with Gasteiger partial charge in [-0.1, -0.05) is 38.5 Å². The van der Waals surface area contributed by atoms with Gasteiger partial charge in [-0.3, -0.25) is 4.79 Å². The predicted molar refractivity (Wildman–Crippen MR) is 110 cm³/mol. The van der Waals surface area contributed by atoms with Gasteiger partial charge in [0.1, 0.15) is 0 Å². The number of rotatable bonds is 3. The Morgan fingerprint density at radius 2 is 2.00 bits per heavy atom. The lowest BCUT2D eigenvalue weighted by atomic mass is 9.47. The molecule has 0 aromatic carbocycles. The highest BCUT2D eigenvalue weighted by Crippen LogP contribution is 2.66. The smallest absolute Gasteiger partial charge is 0.330 e. The molecular weight excluding hydrogens is 348 g/mol. The van der Waals surface area contributed by atoms with E-state index in [0.29, 0.717) is 23.2 Å². The maximum absolute atomic E-state index is 11.9. The molecule has 4 aliphatic rings. The average molecular weight is 383 g/mol. The lowest BCUT2D eigenvalue weighted by Gasteiger charge is -2.57. The van der Waals surface area contributed by atoms with E-state index in [2.05, 4.69) is 32.9 Å². The molecule has 0 saturated heterocycles. The molecule has 0 N–H and O–H groups in total. The monoisotopic (exact) mass is 382 g/mol. The number of carbonyl (C=O) groups excluding carboxylic acids is 2. The first-order valence-corrected chi connectivity index (χ1v) is 11.0. The van der Waals surface area contributed by atoms with Crippen LogP contribution < -0.4 is 0 Å². The number of fused-ring (bicyclic) bond motifs is 5. The lowest BCUT2D eigenvalue weighted by molar-refractivity contribution is -0.134. The fraction of sp³-hybridized carbons (Fsp3) is 0.680. The lowest BCUT2D eigenvalue weighted by Crippen LogP contribution is -2.50. The Labute approximate surface area is 169 Å². The molecule has 4 unspecified atom stereocenters. The Kier molecular flexibility index (Phi) is 4.92. The summed E-state index contributed by atoms with van der Waals surface area (Å²) in [5.74, 6) is 3.11. The van der Waals surface area contributed by atoms with Gasteiger partial charge in [0, 0.05) is 11.5 Å². The molecule has 3 fully saturated rings. The van der Waals surface area contributed by atoms with E-state index < -0.39 is 0 Å². The van der Waals surface area contributed by atoms with Gasteiger partial charge in [0.05, 0.1) is 7.11 Å². The van der Waals surface area contributed by atoms with Gasteiger partial charge in [0.25, 0.3) is 0 Å². The van der Waals surface area contributed by atoms with Crippen molar-refractivity contribution in [2.45, 2.75) is 59.3 Å². The van der Waals surface area contributed by atoms with E-state index in [0.717, 1.165) is 18.3 Å². The molecule has 3 heteroatoms. The normalized spacial score (nSPS) is 43.1. The van der Waals surface area contributed by atoms with Crippen molar-refractivity contribution in [1.82, 2.24) is 0 Å². The number of esters is 1. The van der Waals surface area contributed by atoms with Crippen molar-refractivity contribution in [3.8, 4) is 0 Å². The molecule has 3 nitrogen and oxygen atoms in total. The van der Waals surface area contributed by atoms with Crippen LogP contribution in [0.2, 0.25) is 0 Å². The van der Waals surface area contributed by atoms with E-state index >= 15 is 0 Å². The highest BCUT2D eigenvalue weighted by atomic mass is 16.5. The molecule has 0 heterocycles. The molecule has 7 atom stereocenters. The second kappa shape index (κ2) is 7.00. The second-order valence-electron chi connectivity index (χ2n) is 10.1. The van der Waals surface area contributed by atoms with Crippen LogP contribution in [-0.2, 0) is 14.3 Å². The van der Waals surface area contributed by atoms with E-state index in [1.165, 1.54) is 44.8 Å². The molecule has 4 aliphatic carbocycles. The summed E-state index contributed by atoms with van der Waals surface area (Å²) in [6.45, 7) is 7.15. The topological polar surface area (TPSA) is 43.4 Å². The second-order valence-corrected chi connectivity index (χ2v) is 10.1. The quantitative estimate of drug-likeness (QED) is 0.493. The number of methoxy groups -OCH3 is 1. The first kappa shape index (κ1) is 19.7. The summed E-state index contributed by atoms with van der Waals surface area (Å²) in [5, 5.41) is 0. The Balaban J connectivity index is 1.56. The molecular formula is C25H34O3. The minimum absolute atomic E-state index is 0.0760. The highest BCUT2D eigenvalue weighted by molar-refractivity contribution is 6.01. The number of hydrogen-bond acceptors (Lipinski definition) is 3. The first-order valence-electron chi connectivity index (χ1n) is 11.0. The Bertz CT molecular complexity index is 760. The molecule has 152 valence electrons. The molecule has 3 saturated carbocycles. The summed E-state index contributed by atoms with van der Waals surface area (Å²) < 4.78 is 4.77. The van der Waals surface area contributed by atoms with Gasteiger partial charge < -0.3 is 4.74 Å².